The van der Waals surface area contributed by atoms with E-state index in [1.165, 1.54) is 24.3 Å². The zero-order valence-electron chi connectivity index (χ0n) is 15.1. The standard InChI is InChI=1S/C22H18F2N2O2/c1-14-8-9-17(12-20(14)24)21(27)25-13-15-4-2-7-19(10-15)26-22(28)16-5-3-6-18(23)11-16/h2-12H,13H2,1H3,(H,25,27)(H,26,28). The summed E-state index contributed by atoms with van der Waals surface area (Å²) in [6.45, 7) is 1.83. The molecule has 0 unspecified atom stereocenters. The van der Waals surface area contributed by atoms with Crippen LogP contribution in [0.4, 0.5) is 14.5 Å². The van der Waals surface area contributed by atoms with Gasteiger partial charge in [0.2, 0.25) is 0 Å². The minimum Gasteiger partial charge on any atom is -0.348 e. The van der Waals surface area contributed by atoms with Crippen LogP contribution in [0.15, 0.2) is 66.7 Å². The van der Waals surface area contributed by atoms with E-state index in [0.717, 1.165) is 11.6 Å². The van der Waals surface area contributed by atoms with Gasteiger partial charge < -0.3 is 10.6 Å². The Bertz CT molecular complexity index is 1030. The van der Waals surface area contributed by atoms with Crippen molar-refractivity contribution in [1.82, 2.24) is 5.32 Å². The summed E-state index contributed by atoms with van der Waals surface area (Å²) in [7, 11) is 0. The third kappa shape index (κ3) is 4.79. The first-order valence-corrected chi connectivity index (χ1v) is 8.62. The molecule has 6 heteroatoms. The van der Waals surface area contributed by atoms with Crippen LogP contribution in [0.1, 0.15) is 31.8 Å². The van der Waals surface area contributed by atoms with E-state index >= 15 is 0 Å². The zero-order chi connectivity index (χ0) is 20.1. The molecular formula is C22H18F2N2O2. The number of carbonyl (C=O) groups is 2. The van der Waals surface area contributed by atoms with E-state index in [-0.39, 0.29) is 17.7 Å². The number of amides is 2. The summed E-state index contributed by atoms with van der Waals surface area (Å²) in [5, 5.41) is 5.40. The first-order chi connectivity index (χ1) is 13.4. The van der Waals surface area contributed by atoms with E-state index < -0.39 is 23.4 Å². The van der Waals surface area contributed by atoms with Crippen LogP contribution in [0.2, 0.25) is 0 Å². The van der Waals surface area contributed by atoms with Crippen molar-refractivity contribution in [3.8, 4) is 0 Å². The van der Waals surface area contributed by atoms with Gasteiger partial charge in [-0.05, 0) is 60.5 Å². The number of nitrogens with one attached hydrogen (secondary N) is 2. The average Bonchev–Trinajstić information content (AvgIpc) is 2.68. The zero-order valence-corrected chi connectivity index (χ0v) is 15.1. The van der Waals surface area contributed by atoms with Crippen LogP contribution in [-0.4, -0.2) is 11.8 Å². The van der Waals surface area contributed by atoms with Crippen molar-refractivity contribution in [2.45, 2.75) is 13.5 Å². The lowest BCUT2D eigenvalue weighted by atomic mass is 10.1. The minimum atomic E-state index is -0.489. The molecule has 0 aliphatic heterocycles. The Morgan fingerprint density at radius 1 is 0.857 bits per heavy atom. The largest absolute Gasteiger partial charge is 0.348 e. The number of halogens is 2. The van der Waals surface area contributed by atoms with Gasteiger partial charge in [0.15, 0.2) is 0 Å². The monoisotopic (exact) mass is 380 g/mol. The highest BCUT2D eigenvalue weighted by molar-refractivity contribution is 6.04. The van der Waals surface area contributed by atoms with E-state index in [2.05, 4.69) is 10.6 Å². The first-order valence-electron chi connectivity index (χ1n) is 8.62. The lowest BCUT2D eigenvalue weighted by Crippen LogP contribution is -2.23. The van der Waals surface area contributed by atoms with Crippen LogP contribution >= 0.6 is 0 Å². The van der Waals surface area contributed by atoms with Crippen molar-refractivity contribution >= 4 is 17.5 Å². The molecule has 28 heavy (non-hydrogen) atoms. The maximum absolute atomic E-state index is 13.6. The van der Waals surface area contributed by atoms with Gasteiger partial charge in [0.05, 0.1) is 0 Å². The van der Waals surface area contributed by atoms with Gasteiger partial charge in [0.1, 0.15) is 11.6 Å². The first kappa shape index (κ1) is 19.2. The molecule has 0 saturated heterocycles. The van der Waals surface area contributed by atoms with Gasteiger partial charge in [-0.1, -0.05) is 24.3 Å². The minimum absolute atomic E-state index is 0.206. The maximum Gasteiger partial charge on any atom is 0.255 e. The topological polar surface area (TPSA) is 58.2 Å². The number of aryl methyl sites for hydroxylation is 1. The van der Waals surface area contributed by atoms with Crippen molar-refractivity contribution in [2.24, 2.45) is 0 Å². The maximum atomic E-state index is 13.6. The molecule has 0 aromatic heterocycles. The summed E-state index contributed by atoms with van der Waals surface area (Å²) in [5.74, 6) is -1.75. The Hall–Kier alpha value is -3.54. The van der Waals surface area contributed by atoms with Gasteiger partial charge in [0.25, 0.3) is 11.8 Å². The third-order valence-corrected chi connectivity index (χ3v) is 4.16. The van der Waals surface area contributed by atoms with E-state index in [0.29, 0.717) is 11.3 Å². The molecule has 2 N–H and O–H groups in total. The molecule has 0 radical (unpaired) electrons. The molecule has 3 aromatic rings. The van der Waals surface area contributed by atoms with Crippen molar-refractivity contribution in [3.05, 3.63) is 101 Å². The highest BCUT2D eigenvalue weighted by Crippen LogP contribution is 2.14. The van der Waals surface area contributed by atoms with Crippen LogP contribution in [0.3, 0.4) is 0 Å². The average molecular weight is 380 g/mol. The SMILES string of the molecule is Cc1ccc(C(=O)NCc2cccc(NC(=O)c3cccc(F)c3)c2)cc1F. The van der Waals surface area contributed by atoms with Gasteiger partial charge in [-0.15, -0.1) is 0 Å². The lowest BCUT2D eigenvalue weighted by molar-refractivity contribution is 0.0949. The fourth-order valence-electron chi connectivity index (χ4n) is 2.61. The fourth-order valence-corrected chi connectivity index (χ4v) is 2.61. The molecular weight excluding hydrogens is 362 g/mol. The number of hydrogen-bond acceptors (Lipinski definition) is 2. The number of carbonyl (C=O) groups excluding carboxylic acids is 2. The predicted octanol–water partition coefficient (Wildman–Crippen LogP) is 4.46. The van der Waals surface area contributed by atoms with Crippen molar-refractivity contribution in [1.29, 1.82) is 0 Å². The molecule has 2 amide bonds. The quantitative estimate of drug-likeness (QED) is 0.687. The van der Waals surface area contributed by atoms with Gasteiger partial charge in [-0.3, -0.25) is 9.59 Å². The molecule has 0 heterocycles. The summed E-state index contributed by atoms with van der Waals surface area (Å²) in [5.41, 5.74) is 2.18. The van der Waals surface area contributed by atoms with Gasteiger partial charge in [-0.2, -0.15) is 0 Å². The van der Waals surface area contributed by atoms with Crippen LogP contribution in [-0.2, 0) is 6.54 Å². The van der Waals surface area contributed by atoms with Crippen LogP contribution < -0.4 is 10.6 Å². The normalized spacial score (nSPS) is 10.4. The molecule has 0 fully saturated rings. The van der Waals surface area contributed by atoms with Gasteiger partial charge in [-0.25, -0.2) is 8.78 Å². The van der Waals surface area contributed by atoms with Crippen LogP contribution in [0, 0.1) is 18.6 Å². The second-order valence-electron chi connectivity index (χ2n) is 6.31. The van der Waals surface area contributed by atoms with Crippen molar-refractivity contribution < 1.29 is 18.4 Å². The molecule has 0 saturated carbocycles. The Balaban J connectivity index is 1.63. The van der Waals surface area contributed by atoms with E-state index in [1.54, 1.807) is 43.3 Å². The second kappa shape index (κ2) is 8.43. The summed E-state index contributed by atoms with van der Waals surface area (Å²) < 4.78 is 26.8. The molecule has 0 aliphatic carbocycles. The number of hydrogen-bond donors (Lipinski definition) is 2. The van der Waals surface area contributed by atoms with Crippen LogP contribution in [0.25, 0.3) is 0 Å². The second-order valence-corrected chi connectivity index (χ2v) is 6.31. The van der Waals surface area contributed by atoms with Crippen molar-refractivity contribution in [3.63, 3.8) is 0 Å². The molecule has 0 atom stereocenters. The molecule has 0 aliphatic rings. The molecule has 4 nitrogen and oxygen atoms in total. The number of benzene rings is 3. The Morgan fingerprint density at radius 3 is 2.36 bits per heavy atom. The van der Waals surface area contributed by atoms with Gasteiger partial charge >= 0.3 is 0 Å². The third-order valence-electron chi connectivity index (χ3n) is 4.16. The molecule has 3 aromatic carbocycles. The Kier molecular flexibility index (Phi) is 5.79. The number of rotatable bonds is 5. The van der Waals surface area contributed by atoms with E-state index in [4.69, 9.17) is 0 Å². The number of anilines is 1. The van der Waals surface area contributed by atoms with Gasteiger partial charge in [0, 0.05) is 23.4 Å². The summed E-state index contributed by atoms with van der Waals surface area (Å²) in [4.78, 5) is 24.4. The molecule has 0 bridgehead atoms. The van der Waals surface area contributed by atoms with Crippen molar-refractivity contribution in [2.75, 3.05) is 5.32 Å². The molecule has 0 spiro atoms. The Morgan fingerprint density at radius 2 is 1.61 bits per heavy atom. The molecule has 3 rings (SSSR count). The van der Waals surface area contributed by atoms with Crippen LogP contribution in [0.5, 0.6) is 0 Å². The predicted molar refractivity (Wildman–Crippen MR) is 103 cm³/mol. The lowest BCUT2D eigenvalue weighted by Gasteiger charge is -2.09. The summed E-state index contributed by atoms with van der Waals surface area (Å²) in [6.07, 6.45) is 0. The van der Waals surface area contributed by atoms with E-state index in [1.807, 2.05) is 0 Å². The summed E-state index contributed by atoms with van der Waals surface area (Å²) >= 11 is 0. The highest BCUT2D eigenvalue weighted by Gasteiger charge is 2.10. The summed E-state index contributed by atoms with van der Waals surface area (Å²) in [6, 6.07) is 16.6. The fraction of sp³-hybridized carbons (Fsp3) is 0.0909. The van der Waals surface area contributed by atoms with E-state index in [9.17, 15) is 18.4 Å². The molecule has 142 valence electrons. The Labute approximate surface area is 161 Å². The highest BCUT2D eigenvalue weighted by atomic mass is 19.1. The smallest absolute Gasteiger partial charge is 0.255 e.